The first-order chi connectivity index (χ1) is 14.1. The topological polar surface area (TPSA) is 67.4 Å². The van der Waals surface area contributed by atoms with Crippen molar-refractivity contribution in [3.05, 3.63) is 88.1 Å². The number of carbonyl (C=O) groups is 2. The highest BCUT2D eigenvalue weighted by atomic mass is 32.1. The van der Waals surface area contributed by atoms with E-state index in [1.54, 1.807) is 0 Å². The number of ether oxygens (including phenoxy) is 1. The number of amides is 2. The van der Waals surface area contributed by atoms with Crippen molar-refractivity contribution in [3.8, 4) is 5.75 Å². The average molecular weight is 409 g/mol. The van der Waals surface area contributed by atoms with Crippen LogP contribution in [0.4, 0.5) is 0 Å². The second-order valence-corrected chi connectivity index (χ2v) is 7.65. The third kappa shape index (κ3) is 6.76. The highest BCUT2D eigenvalue weighted by Crippen LogP contribution is 2.22. The highest BCUT2D eigenvalue weighted by Gasteiger charge is 2.17. The lowest BCUT2D eigenvalue weighted by molar-refractivity contribution is -0.122. The molecule has 0 bridgehead atoms. The van der Waals surface area contributed by atoms with Crippen molar-refractivity contribution in [2.75, 3.05) is 0 Å². The van der Waals surface area contributed by atoms with E-state index in [1.807, 2.05) is 72.1 Å². The van der Waals surface area contributed by atoms with E-state index in [0.717, 1.165) is 21.8 Å². The molecule has 0 saturated heterocycles. The van der Waals surface area contributed by atoms with Gasteiger partial charge in [0, 0.05) is 18.3 Å². The molecule has 0 aliphatic rings. The third-order valence-corrected chi connectivity index (χ3v) is 5.28. The van der Waals surface area contributed by atoms with Crippen molar-refractivity contribution < 1.29 is 14.3 Å². The van der Waals surface area contributed by atoms with Crippen molar-refractivity contribution in [1.29, 1.82) is 0 Å². The first-order valence-electron chi connectivity index (χ1n) is 9.43. The number of nitrogens with one attached hydrogen (secondary N) is 2. The fraction of sp³-hybridized carbons (Fsp3) is 0.217. The summed E-state index contributed by atoms with van der Waals surface area (Å²) in [5.74, 6) is 0.488. The lowest BCUT2D eigenvalue weighted by Crippen LogP contribution is -2.32. The van der Waals surface area contributed by atoms with Gasteiger partial charge in [-0.25, -0.2) is 0 Å². The Bertz CT molecular complexity index is 926. The Labute approximate surface area is 174 Å². The van der Waals surface area contributed by atoms with Gasteiger partial charge in [0.1, 0.15) is 12.4 Å². The van der Waals surface area contributed by atoms with E-state index in [2.05, 4.69) is 10.6 Å². The van der Waals surface area contributed by atoms with Gasteiger partial charge in [0.05, 0.1) is 12.5 Å². The molecule has 0 fully saturated rings. The summed E-state index contributed by atoms with van der Waals surface area (Å²) in [6.45, 7) is 2.36. The molecule has 0 aliphatic heterocycles. The van der Waals surface area contributed by atoms with Gasteiger partial charge in [-0.3, -0.25) is 9.59 Å². The summed E-state index contributed by atoms with van der Waals surface area (Å²) >= 11 is 1.52. The fourth-order valence-corrected chi connectivity index (χ4v) is 3.68. The van der Waals surface area contributed by atoms with Crippen LogP contribution in [-0.4, -0.2) is 11.8 Å². The van der Waals surface area contributed by atoms with Crippen molar-refractivity contribution in [2.45, 2.75) is 32.5 Å². The van der Waals surface area contributed by atoms with Gasteiger partial charge in [0.2, 0.25) is 11.8 Å². The van der Waals surface area contributed by atoms with E-state index >= 15 is 0 Å². The molecule has 0 radical (unpaired) electrons. The maximum absolute atomic E-state index is 12.4. The fourth-order valence-electron chi connectivity index (χ4n) is 2.90. The molecule has 2 aromatic carbocycles. The van der Waals surface area contributed by atoms with Gasteiger partial charge in [-0.2, -0.15) is 0 Å². The van der Waals surface area contributed by atoms with Gasteiger partial charge in [-0.1, -0.05) is 48.5 Å². The molecule has 1 heterocycles. The summed E-state index contributed by atoms with van der Waals surface area (Å²) in [5, 5.41) is 7.70. The lowest BCUT2D eigenvalue weighted by atomic mass is 10.1. The Hall–Kier alpha value is -3.12. The standard InChI is InChI=1S/C23H24N2O3S/c1-17(26)25-21(22-11-6-12-29-22)14-23(27)24-15-19-9-5-10-20(13-19)28-16-18-7-3-2-4-8-18/h2-13,21H,14-16H2,1H3,(H,24,27)(H,25,26). The van der Waals surface area contributed by atoms with Crippen LogP contribution in [0.1, 0.15) is 35.4 Å². The summed E-state index contributed by atoms with van der Waals surface area (Å²) in [5.41, 5.74) is 2.06. The summed E-state index contributed by atoms with van der Waals surface area (Å²) in [7, 11) is 0. The van der Waals surface area contributed by atoms with E-state index in [9.17, 15) is 9.59 Å². The van der Waals surface area contributed by atoms with Crippen molar-refractivity contribution in [1.82, 2.24) is 10.6 Å². The maximum atomic E-state index is 12.4. The molecule has 1 aromatic heterocycles. The van der Waals surface area contributed by atoms with E-state index in [-0.39, 0.29) is 24.3 Å². The van der Waals surface area contributed by atoms with E-state index < -0.39 is 0 Å². The molecule has 3 rings (SSSR count). The summed E-state index contributed by atoms with van der Waals surface area (Å²) in [6.07, 6.45) is 0.199. The second kappa shape index (κ2) is 10.4. The molecule has 2 amide bonds. The third-order valence-electron chi connectivity index (χ3n) is 4.29. The van der Waals surface area contributed by atoms with E-state index in [1.165, 1.54) is 18.3 Å². The smallest absolute Gasteiger partial charge is 0.222 e. The van der Waals surface area contributed by atoms with E-state index in [0.29, 0.717) is 13.2 Å². The number of benzene rings is 2. The van der Waals surface area contributed by atoms with Crippen LogP contribution >= 0.6 is 11.3 Å². The van der Waals surface area contributed by atoms with Crippen LogP contribution in [0.3, 0.4) is 0 Å². The molecular weight excluding hydrogens is 384 g/mol. The predicted octanol–water partition coefficient (Wildman–Crippen LogP) is 4.21. The predicted molar refractivity (Wildman–Crippen MR) is 115 cm³/mol. The molecule has 150 valence electrons. The van der Waals surface area contributed by atoms with Crippen LogP contribution in [0.2, 0.25) is 0 Å². The zero-order chi connectivity index (χ0) is 20.5. The number of rotatable bonds is 9. The van der Waals surface area contributed by atoms with Gasteiger partial charge >= 0.3 is 0 Å². The molecule has 1 unspecified atom stereocenters. The minimum atomic E-state index is -0.312. The van der Waals surface area contributed by atoms with Crippen molar-refractivity contribution in [3.63, 3.8) is 0 Å². The van der Waals surface area contributed by atoms with Crippen molar-refractivity contribution in [2.24, 2.45) is 0 Å². The van der Waals surface area contributed by atoms with Crippen LogP contribution < -0.4 is 15.4 Å². The number of thiophene rings is 1. The average Bonchev–Trinajstić information content (AvgIpc) is 3.26. The molecule has 5 nitrogen and oxygen atoms in total. The molecule has 3 aromatic rings. The lowest BCUT2D eigenvalue weighted by Gasteiger charge is -2.16. The molecular formula is C23H24N2O3S. The number of hydrogen-bond donors (Lipinski definition) is 2. The Balaban J connectivity index is 1.52. The first-order valence-corrected chi connectivity index (χ1v) is 10.3. The Kier molecular flexibility index (Phi) is 7.41. The van der Waals surface area contributed by atoms with Crippen LogP contribution in [0, 0.1) is 0 Å². The zero-order valence-electron chi connectivity index (χ0n) is 16.3. The quantitative estimate of drug-likeness (QED) is 0.557. The second-order valence-electron chi connectivity index (χ2n) is 6.67. The number of hydrogen-bond acceptors (Lipinski definition) is 4. The van der Waals surface area contributed by atoms with Gasteiger partial charge in [-0.05, 0) is 34.7 Å². The van der Waals surface area contributed by atoms with E-state index in [4.69, 9.17) is 4.74 Å². The highest BCUT2D eigenvalue weighted by molar-refractivity contribution is 7.10. The van der Waals surface area contributed by atoms with Crippen molar-refractivity contribution >= 4 is 23.2 Å². The minimum absolute atomic E-state index is 0.118. The van der Waals surface area contributed by atoms with Gasteiger partial charge in [0.25, 0.3) is 0 Å². The molecule has 1 atom stereocenters. The number of carbonyl (C=O) groups excluding carboxylic acids is 2. The summed E-state index contributed by atoms with van der Waals surface area (Å²) in [4.78, 5) is 24.8. The molecule has 29 heavy (non-hydrogen) atoms. The monoisotopic (exact) mass is 408 g/mol. The van der Waals surface area contributed by atoms with Gasteiger partial charge in [0.15, 0.2) is 0 Å². The molecule has 2 N–H and O–H groups in total. The molecule has 0 saturated carbocycles. The maximum Gasteiger partial charge on any atom is 0.222 e. The Morgan fingerprint density at radius 3 is 2.52 bits per heavy atom. The van der Waals surface area contributed by atoms with Crippen LogP contribution in [0.15, 0.2) is 72.1 Å². The minimum Gasteiger partial charge on any atom is -0.489 e. The van der Waals surface area contributed by atoms with Crippen LogP contribution in [0.25, 0.3) is 0 Å². The first kappa shape index (κ1) is 20.6. The Morgan fingerprint density at radius 1 is 1.00 bits per heavy atom. The SMILES string of the molecule is CC(=O)NC(CC(=O)NCc1cccc(OCc2ccccc2)c1)c1cccs1. The summed E-state index contributed by atoms with van der Waals surface area (Å²) < 4.78 is 5.84. The zero-order valence-corrected chi connectivity index (χ0v) is 17.1. The van der Waals surface area contributed by atoms with Crippen LogP contribution in [0.5, 0.6) is 5.75 Å². The van der Waals surface area contributed by atoms with Gasteiger partial charge in [-0.15, -0.1) is 11.3 Å². The molecule has 0 aliphatic carbocycles. The van der Waals surface area contributed by atoms with Gasteiger partial charge < -0.3 is 15.4 Å². The normalized spacial score (nSPS) is 11.5. The largest absolute Gasteiger partial charge is 0.489 e. The summed E-state index contributed by atoms with van der Waals surface area (Å²) in [6, 6.07) is 21.2. The molecule has 0 spiro atoms. The Morgan fingerprint density at radius 2 is 1.79 bits per heavy atom. The van der Waals surface area contributed by atoms with Crippen LogP contribution in [-0.2, 0) is 22.7 Å². The molecule has 6 heteroatoms.